The van der Waals surface area contributed by atoms with Crippen molar-refractivity contribution >= 4 is 23.0 Å². The highest BCUT2D eigenvalue weighted by Crippen LogP contribution is 2.40. The number of nitrogens with zero attached hydrogens (tertiary/aromatic N) is 5. The van der Waals surface area contributed by atoms with Gasteiger partial charge in [-0.05, 0) is 44.7 Å². The van der Waals surface area contributed by atoms with Gasteiger partial charge in [-0.15, -0.1) is 5.10 Å². The molecule has 6 nitrogen and oxygen atoms in total. The molecule has 0 aromatic carbocycles. The average molecular weight is 398 g/mol. The number of aliphatic imine (C=N–C) groups is 1. The normalized spacial score (nSPS) is 19.5. The lowest BCUT2D eigenvalue weighted by atomic mass is 9.93. The Morgan fingerprint density at radius 3 is 2.86 bits per heavy atom. The van der Waals surface area contributed by atoms with Crippen LogP contribution in [0.4, 0.5) is 20.5 Å². The zero-order valence-electron chi connectivity index (χ0n) is 16.3. The number of halogens is 2. The van der Waals surface area contributed by atoms with Crippen LogP contribution in [0.5, 0.6) is 0 Å². The van der Waals surface area contributed by atoms with Gasteiger partial charge in [0.05, 0.1) is 11.7 Å². The van der Waals surface area contributed by atoms with Crippen molar-refractivity contribution in [1.29, 1.82) is 0 Å². The molecule has 3 aromatic heterocycles. The Morgan fingerprint density at radius 2 is 2.10 bits per heavy atom. The van der Waals surface area contributed by atoms with E-state index < -0.39 is 6.43 Å². The fourth-order valence-corrected chi connectivity index (χ4v) is 4.05. The number of hydrogen-bond acceptors (Lipinski definition) is 5. The number of alkyl halides is 2. The highest BCUT2D eigenvalue weighted by atomic mass is 19.3. The lowest BCUT2D eigenvalue weighted by molar-refractivity contribution is 0.135. The summed E-state index contributed by atoms with van der Waals surface area (Å²) in [4.78, 5) is 13.3. The maximum atomic E-state index is 13.0. The van der Waals surface area contributed by atoms with Gasteiger partial charge in [0.2, 0.25) is 12.4 Å². The van der Waals surface area contributed by atoms with Crippen LogP contribution in [0.1, 0.15) is 46.0 Å². The Balaban J connectivity index is 0.00000218. The first-order chi connectivity index (χ1) is 14.0. The van der Waals surface area contributed by atoms with E-state index in [1.165, 1.54) is 12.8 Å². The molecule has 2 atom stereocenters. The Bertz CT molecular complexity index is 1110. The molecule has 1 aliphatic carbocycles. The fourth-order valence-electron chi connectivity index (χ4n) is 4.05. The van der Waals surface area contributed by atoms with Gasteiger partial charge < -0.3 is 5.32 Å². The summed E-state index contributed by atoms with van der Waals surface area (Å²) in [6.45, 7) is 3.94. The summed E-state index contributed by atoms with van der Waals surface area (Å²) in [5, 5.41) is 7.93. The second kappa shape index (κ2) is 6.86. The first kappa shape index (κ1) is 18.1. The van der Waals surface area contributed by atoms with Gasteiger partial charge in [-0.3, -0.25) is 0 Å². The van der Waals surface area contributed by atoms with Crippen LogP contribution >= 0.6 is 0 Å². The third kappa shape index (κ3) is 3.36. The van der Waals surface area contributed by atoms with Crippen LogP contribution < -0.4 is 5.32 Å². The monoisotopic (exact) mass is 398 g/mol. The third-order valence-corrected chi connectivity index (χ3v) is 5.88. The molecule has 0 bridgehead atoms. The predicted molar refractivity (Wildman–Crippen MR) is 110 cm³/mol. The van der Waals surface area contributed by atoms with Crippen LogP contribution in [0, 0.1) is 5.92 Å². The highest BCUT2D eigenvalue weighted by molar-refractivity contribution is 5.96. The van der Waals surface area contributed by atoms with Crippen LogP contribution in [0.3, 0.4) is 0 Å². The van der Waals surface area contributed by atoms with E-state index in [4.69, 9.17) is 0 Å². The minimum absolute atomic E-state index is 0. The number of anilines is 1. The quantitative estimate of drug-likeness (QED) is 0.628. The van der Waals surface area contributed by atoms with Gasteiger partial charge in [0, 0.05) is 54.6 Å². The van der Waals surface area contributed by atoms with Crippen molar-refractivity contribution in [3.63, 3.8) is 0 Å². The van der Waals surface area contributed by atoms with Gasteiger partial charge >= 0.3 is 0 Å². The van der Waals surface area contributed by atoms with Gasteiger partial charge in [-0.2, -0.15) is 0 Å². The second-order valence-electron chi connectivity index (χ2n) is 7.98. The molecule has 1 N–H and O–H groups in total. The lowest BCUT2D eigenvalue weighted by Gasteiger charge is -2.13. The van der Waals surface area contributed by atoms with Crippen molar-refractivity contribution in [2.75, 3.05) is 5.32 Å². The molecule has 1 saturated carbocycles. The molecule has 1 fully saturated rings. The zero-order valence-corrected chi connectivity index (χ0v) is 16.3. The molecule has 0 saturated heterocycles. The molecule has 8 heteroatoms. The van der Waals surface area contributed by atoms with E-state index in [0.717, 1.165) is 22.2 Å². The maximum absolute atomic E-state index is 13.0. The summed E-state index contributed by atoms with van der Waals surface area (Å²) in [5.41, 5.74) is 4.07. The molecule has 0 spiro atoms. The number of fused-ring (bicyclic) bond motifs is 2. The number of nitrogens with one attached hydrogen (secondary N) is 1. The molecule has 5 rings (SSSR count). The lowest BCUT2D eigenvalue weighted by Crippen LogP contribution is -2.19. The van der Waals surface area contributed by atoms with E-state index in [2.05, 4.69) is 32.3 Å². The van der Waals surface area contributed by atoms with Gasteiger partial charge in [0.25, 0.3) is 0 Å². The molecule has 0 amide bonds. The molecule has 4 heterocycles. The van der Waals surface area contributed by atoms with Crippen molar-refractivity contribution in [3.05, 3.63) is 36.3 Å². The number of hydrogen-bond donors (Lipinski definition) is 1. The summed E-state index contributed by atoms with van der Waals surface area (Å²) >= 11 is 0. The Kier molecular flexibility index (Phi) is 4.29. The van der Waals surface area contributed by atoms with Crippen LogP contribution in [0.2, 0.25) is 0 Å². The Morgan fingerprint density at radius 1 is 1.28 bits per heavy atom. The number of pyridine rings is 1. The molecular weight excluding hydrogens is 374 g/mol. The van der Waals surface area contributed by atoms with Gasteiger partial charge in [0.15, 0.2) is 5.82 Å². The molecule has 3 aromatic rings. The van der Waals surface area contributed by atoms with Crippen LogP contribution in [-0.2, 0) is 0 Å². The van der Waals surface area contributed by atoms with Crippen LogP contribution in [0.25, 0.3) is 16.6 Å². The summed E-state index contributed by atoms with van der Waals surface area (Å²) in [6, 6.07) is 4.23. The van der Waals surface area contributed by atoms with Crippen LogP contribution in [0.15, 0.2) is 35.7 Å². The minimum Gasteiger partial charge on any atom is -0.350 e. The first-order valence-corrected chi connectivity index (χ1v) is 9.94. The molecule has 0 radical (unpaired) electrons. The smallest absolute Gasteiger partial charge is 0.241 e. The number of aromatic nitrogens is 4. The summed E-state index contributed by atoms with van der Waals surface area (Å²) < 4.78 is 27.8. The molecule has 2 aliphatic rings. The van der Waals surface area contributed by atoms with Gasteiger partial charge in [0.1, 0.15) is 0 Å². The van der Waals surface area contributed by atoms with Crippen molar-refractivity contribution in [2.24, 2.45) is 10.9 Å². The molecule has 1 unspecified atom stereocenters. The van der Waals surface area contributed by atoms with E-state index in [9.17, 15) is 8.78 Å². The summed E-state index contributed by atoms with van der Waals surface area (Å²) in [5.74, 6) is 1.46. The SMILES string of the molecule is CC1=Nc2ncc(-c3ccn4nc(N[C@@H](C)C5CC5)ncc34)cc2C1CC(F)F.[HH]. The summed E-state index contributed by atoms with van der Waals surface area (Å²) in [6.07, 6.45) is 5.29. The number of rotatable bonds is 6. The second-order valence-corrected chi connectivity index (χ2v) is 7.98. The minimum atomic E-state index is -2.38. The van der Waals surface area contributed by atoms with Gasteiger partial charge in [-0.25, -0.2) is 28.3 Å². The largest absolute Gasteiger partial charge is 0.350 e. The fraction of sp³-hybridized carbons (Fsp3) is 0.429. The van der Waals surface area contributed by atoms with E-state index >= 15 is 0 Å². The summed E-state index contributed by atoms with van der Waals surface area (Å²) in [7, 11) is 0. The van der Waals surface area contributed by atoms with Gasteiger partial charge in [-0.1, -0.05) is 0 Å². The Hall–Kier alpha value is -2.90. The van der Waals surface area contributed by atoms with Crippen molar-refractivity contribution < 1.29 is 10.2 Å². The molecule has 1 aliphatic heterocycles. The highest BCUT2D eigenvalue weighted by Gasteiger charge is 2.29. The van der Waals surface area contributed by atoms with E-state index in [-0.39, 0.29) is 13.8 Å². The van der Waals surface area contributed by atoms with E-state index in [1.54, 1.807) is 23.8 Å². The first-order valence-electron chi connectivity index (χ1n) is 9.94. The maximum Gasteiger partial charge on any atom is 0.241 e. The zero-order chi connectivity index (χ0) is 20.1. The van der Waals surface area contributed by atoms with E-state index in [1.807, 2.05) is 18.3 Å². The van der Waals surface area contributed by atoms with Crippen molar-refractivity contribution in [3.8, 4) is 11.1 Å². The van der Waals surface area contributed by atoms with Crippen LogP contribution in [-0.4, -0.2) is 37.8 Å². The predicted octanol–water partition coefficient (Wildman–Crippen LogP) is 5.09. The average Bonchev–Trinajstić information content (AvgIpc) is 3.40. The molecular formula is C21H24F2N6. The molecule has 152 valence electrons. The van der Waals surface area contributed by atoms with E-state index in [0.29, 0.717) is 29.4 Å². The van der Waals surface area contributed by atoms with Crippen molar-refractivity contribution in [1.82, 2.24) is 19.6 Å². The van der Waals surface area contributed by atoms with Crippen molar-refractivity contribution in [2.45, 2.75) is 51.5 Å². The Labute approximate surface area is 168 Å². The topological polar surface area (TPSA) is 67.5 Å². The molecule has 29 heavy (non-hydrogen) atoms. The third-order valence-electron chi connectivity index (χ3n) is 5.88. The standard InChI is InChI=1S/C21H22F2N6.H2/c1-11(13-3-4-13)27-21-25-10-18-15(5-6-29(18)28-21)14-7-17-16(8-19(22)23)12(2)26-20(17)24-9-14;/h5-7,9-11,13,16,19H,3-4,8H2,1-2H3,(H,27,28);1H/t11-,16?;/m0./s1.